The van der Waals surface area contributed by atoms with Crippen LogP contribution in [0.5, 0.6) is 5.75 Å². The maximum atomic E-state index is 12.1. The first kappa shape index (κ1) is 14.3. The topological polar surface area (TPSA) is 26.3 Å². The molecular formula is C18H20O2. The molecule has 0 bridgehead atoms. The maximum Gasteiger partial charge on any atom is 0.166 e. The number of benzene rings is 2. The summed E-state index contributed by atoms with van der Waals surface area (Å²) in [4.78, 5) is 12.1. The molecule has 0 aliphatic rings. The van der Waals surface area contributed by atoms with E-state index in [0.717, 1.165) is 16.7 Å². The van der Waals surface area contributed by atoms with E-state index in [9.17, 15) is 4.79 Å². The van der Waals surface area contributed by atoms with Crippen LogP contribution in [0, 0.1) is 13.8 Å². The molecule has 0 unspecified atom stereocenters. The minimum atomic E-state index is 0.130. The van der Waals surface area contributed by atoms with Crippen molar-refractivity contribution in [1.29, 1.82) is 0 Å². The van der Waals surface area contributed by atoms with E-state index < -0.39 is 0 Å². The Morgan fingerprint density at radius 3 is 2.45 bits per heavy atom. The van der Waals surface area contributed by atoms with Gasteiger partial charge in [0.15, 0.2) is 5.78 Å². The molecule has 104 valence electrons. The van der Waals surface area contributed by atoms with Gasteiger partial charge in [-0.1, -0.05) is 43.3 Å². The second-order valence-corrected chi connectivity index (χ2v) is 5.01. The molecule has 0 fully saturated rings. The molecule has 0 saturated carbocycles. The highest BCUT2D eigenvalue weighted by atomic mass is 16.5. The Hall–Kier alpha value is -2.09. The highest BCUT2D eigenvalue weighted by molar-refractivity contribution is 6.00. The average Bonchev–Trinajstić information content (AvgIpc) is 2.45. The molecule has 0 aromatic heterocycles. The summed E-state index contributed by atoms with van der Waals surface area (Å²) >= 11 is 0. The van der Waals surface area contributed by atoms with Gasteiger partial charge in [0, 0.05) is 6.42 Å². The van der Waals surface area contributed by atoms with Crippen LogP contribution in [0.4, 0.5) is 0 Å². The largest absolute Gasteiger partial charge is 0.488 e. The first-order chi connectivity index (χ1) is 9.61. The maximum absolute atomic E-state index is 12.1. The lowest BCUT2D eigenvalue weighted by Crippen LogP contribution is -2.06. The molecular weight excluding hydrogens is 248 g/mol. The molecule has 0 spiro atoms. The van der Waals surface area contributed by atoms with Crippen LogP contribution in [-0.4, -0.2) is 5.78 Å². The number of carbonyl (C=O) groups excluding carboxylic acids is 1. The van der Waals surface area contributed by atoms with Crippen LogP contribution in [0.15, 0.2) is 42.5 Å². The Balaban J connectivity index is 2.28. The fourth-order valence-corrected chi connectivity index (χ4v) is 2.31. The predicted octanol–water partition coefficient (Wildman–Crippen LogP) is 4.48. The molecule has 0 atom stereocenters. The summed E-state index contributed by atoms with van der Waals surface area (Å²) in [7, 11) is 0. The SMILES string of the molecule is CCC(=O)c1c(C)cc(C)cc1OCc1ccccc1. The van der Waals surface area contributed by atoms with Gasteiger partial charge in [0.25, 0.3) is 0 Å². The van der Waals surface area contributed by atoms with Gasteiger partial charge in [-0.3, -0.25) is 4.79 Å². The molecule has 20 heavy (non-hydrogen) atoms. The molecule has 2 heteroatoms. The number of carbonyl (C=O) groups is 1. The number of hydrogen-bond donors (Lipinski definition) is 0. The van der Waals surface area contributed by atoms with Crippen molar-refractivity contribution in [2.24, 2.45) is 0 Å². The van der Waals surface area contributed by atoms with Crippen molar-refractivity contribution in [3.05, 3.63) is 64.7 Å². The summed E-state index contributed by atoms with van der Waals surface area (Å²) < 4.78 is 5.89. The Kier molecular flexibility index (Phi) is 4.57. The Bertz CT molecular complexity index is 600. The molecule has 2 rings (SSSR count). The highest BCUT2D eigenvalue weighted by Crippen LogP contribution is 2.26. The molecule has 0 radical (unpaired) electrons. The predicted molar refractivity (Wildman–Crippen MR) is 81.3 cm³/mol. The zero-order valence-corrected chi connectivity index (χ0v) is 12.3. The zero-order chi connectivity index (χ0) is 14.5. The van der Waals surface area contributed by atoms with Crippen LogP contribution in [0.2, 0.25) is 0 Å². The van der Waals surface area contributed by atoms with Crippen molar-refractivity contribution in [3.63, 3.8) is 0 Å². The van der Waals surface area contributed by atoms with E-state index in [4.69, 9.17) is 4.74 Å². The number of hydrogen-bond acceptors (Lipinski definition) is 2. The summed E-state index contributed by atoms with van der Waals surface area (Å²) in [5, 5.41) is 0. The molecule has 0 amide bonds. The van der Waals surface area contributed by atoms with E-state index in [1.54, 1.807) is 0 Å². The average molecular weight is 268 g/mol. The smallest absolute Gasteiger partial charge is 0.166 e. The van der Waals surface area contributed by atoms with E-state index in [2.05, 4.69) is 0 Å². The van der Waals surface area contributed by atoms with Gasteiger partial charge in [0.2, 0.25) is 0 Å². The molecule has 0 heterocycles. The van der Waals surface area contributed by atoms with Gasteiger partial charge in [-0.25, -0.2) is 0 Å². The van der Waals surface area contributed by atoms with Gasteiger partial charge in [-0.2, -0.15) is 0 Å². The number of Topliss-reactive ketones (excluding diaryl/α,β-unsaturated/α-hetero) is 1. The number of ether oxygens (including phenoxy) is 1. The number of aryl methyl sites for hydroxylation is 2. The van der Waals surface area contributed by atoms with Crippen LogP contribution >= 0.6 is 0 Å². The zero-order valence-electron chi connectivity index (χ0n) is 12.3. The van der Waals surface area contributed by atoms with E-state index in [0.29, 0.717) is 24.3 Å². The molecule has 0 saturated heterocycles. The van der Waals surface area contributed by atoms with E-state index >= 15 is 0 Å². The second kappa shape index (κ2) is 6.38. The highest BCUT2D eigenvalue weighted by Gasteiger charge is 2.14. The fraction of sp³-hybridized carbons (Fsp3) is 0.278. The summed E-state index contributed by atoms with van der Waals surface area (Å²) in [6.45, 7) is 6.34. The number of ketones is 1. The molecule has 2 aromatic rings. The summed E-state index contributed by atoms with van der Waals surface area (Å²) in [5.41, 5.74) is 3.91. The minimum Gasteiger partial charge on any atom is -0.488 e. The van der Waals surface area contributed by atoms with Gasteiger partial charge in [0.05, 0.1) is 5.56 Å². The van der Waals surface area contributed by atoms with Gasteiger partial charge in [0.1, 0.15) is 12.4 Å². The van der Waals surface area contributed by atoms with Crippen LogP contribution in [0.3, 0.4) is 0 Å². The third-order valence-electron chi connectivity index (χ3n) is 3.28. The normalized spacial score (nSPS) is 10.3. The second-order valence-electron chi connectivity index (χ2n) is 5.01. The fourth-order valence-electron chi connectivity index (χ4n) is 2.31. The van der Waals surface area contributed by atoms with Crippen molar-refractivity contribution in [1.82, 2.24) is 0 Å². The molecule has 0 N–H and O–H groups in total. The molecule has 0 aliphatic heterocycles. The standard InChI is InChI=1S/C18H20O2/c1-4-16(19)18-14(3)10-13(2)11-17(18)20-12-15-8-6-5-7-9-15/h5-11H,4,12H2,1-3H3. The van der Waals surface area contributed by atoms with Crippen molar-refractivity contribution in [3.8, 4) is 5.75 Å². The molecule has 2 aromatic carbocycles. The number of rotatable bonds is 5. The quantitative estimate of drug-likeness (QED) is 0.748. The lowest BCUT2D eigenvalue weighted by atomic mass is 9.99. The first-order valence-corrected chi connectivity index (χ1v) is 6.93. The minimum absolute atomic E-state index is 0.130. The van der Waals surface area contributed by atoms with Gasteiger partial charge < -0.3 is 4.74 Å². The van der Waals surface area contributed by atoms with Crippen LogP contribution < -0.4 is 4.74 Å². The Morgan fingerprint density at radius 2 is 1.80 bits per heavy atom. The third-order valence-corrected chi connectivity index (χ3v) is 3.28. The summed E-state index contributed by atoms with van der Waals surface area (Å²) in [6, 6.07) is 14.0. The van der Waals surface area contributed by atoms with E-state index in [-0.39, 0.29) is 5.78 Å². The van der Waals surface area contributed by atoms with Crippen LogP contribution in [0.1, 0.15) is 40.4 Å². The lowest BCUT2D eigenvalue weighted by Gasteiger charge is -2.14. The third kappa shape index (κ3) is 3.27. The first-order valence-electron chi connectivity index (χ1n) is 6.93. The van der Waals surface area contributed by atoms with Crippen molar-refractivity contribution >= 4 is 5.78 Å². The summed E-state index contributed by atoms with van der Waals surface area (Å²) in [5.74, 6) is 0.823. The van der Waals surface area contributed by atoms with Crippen LogP contribution in [0.25, 0.3) is 0 Å². The monoisotopic (exact) mass is 268 g/mol. The van der Waals surface area contributed by atoms with Crippen LogP contribution in [-0.2, 0) is 6.61 Å². The molecule has 0 aliphatic carbocycles. The Morgan fingerprint density at radius 1 is 1.10 bits per heavy atom. The van der Waals surface area contributed by atoms with E-state index in [1.165, 1.54) is 0 Å². The molecule has 2 nitrogen and oxygen atoms in total. The summed E-state index contributed by atoms with van der Waals surface area (Å²) in [6.07, 6.45) is 0.492. The van der Waals surface area contributed by atoms with E-state index in [1.807, 2.05) is 63.2 Å². The van der Waals surface area contributed by atoms with Gasteiger partial charge in [-0.15, -0.1) is 0 Å². The lowest BCUT2D eigenvalue weighted by molar-refractivity contribution is 0.0983. The van der Waals surface area contributed by atoms with Crippen molar-refractivity contribution in [2.45, 2.75) is 33.8 Å². The van der Waals surface area contributed by atoms with Gasteiger partial charge in [-0.05, 0) is 36.6 Å². The van der Waals surface area contributed by atoms with Crippen molar-refractivity contribution in [2.75, 3.05) is 0 Å². The van der Waals surface area contributed by atoms with Crippen molar-refractivity contribution < 1.29 is 9.53 Å². The van der Waals surface area contributed by atoms with Gasteiger partial charge >= 0.3 is 0 Å². The Labute approximate surface area is 120 Å².